The second-order valence-electron chi connectivity index (χ2n) is 9.04. The third-order valence-electron chi connectivity index (χ3n) is 6.58. The Morgan fingerprint density at radius 2 is 1.88 bits per heavy atom. The molecule has 178 valence electrons. The van der Waals surface area contributed by atoms with E-state index in [0.29, 0.717) is 18.0 Å². The summed E-state index contributed by atoms with van der Waals surface area (Å²) in [6.07, 6.45) is 2.92. The van der Waals surface area contributed by atoms with Gasteiger partial charge in [0, 0.05) is 29.2 Å². The number of amides is 2. The lowest BCUT2D eigenvalue weighted by Gasteiger charge is -2.28. The molecule has 0 radical (unpaired) electrons. The van der Waals surface area contributed by atoms with Crippen molar-refractivity contribution in [1.29, 1.82) is 0 Å². The number of ether oxygens (including phenoxy) is 1. The highest BCUT2D eigenvalue weighted by molar-refractivity contribution is 5.96. The van der Waals surface area contributed by atoms with Crippen LogP contribution >= 0.6 is 0 Å². The van der Waals surface area contributed by atoms with Crippen LogP contribution in [0.4, 0.5) is 5.69 Å². The van der Waals surface area contributed by atoms with Crippen molar-refractivity contribution in [3.8, 4) is 0 Å². The van der Waals surface area contributed by atoms with Crippen LogP contribution in [-0.2, 0) is 14.3 Å². The largest absolute Gasteiger partial charge is 0.452 e. The van der Waals surface area contributed by atoms with E-state index >= 15 is 0 Å². The number of hydrogen-bond acceptors (Lipinski definition) is 4. The third-order valence-corrected chi connectivity index (χ3v) is 6.58. The Labute approximate surface area is 196 Å². The van der Waals surface area contributed by atoms with Crippen molar-refractivity contribution in [2.24, 2.45) is 0 Å². The summed E-state index contributed by atoms with van der Waals surface area (Å²) in [6, 6.07) is 7.83. The molecular formula is C26H35N3O4. The van der Waals surface area contributed by atoms with Crippen molar-refractivity contribution in [3.05, 3.63) is 52.3 Å². The summed E-state index contributed by atoms with van der Waals surface area (Å²) in [5.41, 5.74) is 5.20. The number of carbonyl (C=O) groups is 3. The number of benzene rings is 1. The zero-order valence-corrected chi connectivity index (χ0v) is 20.5. The summed E-state index contributed by atoms with van der Waals surface area (Å²) in [5, 5.41) is 2.90. The van der Waals surface area contributed by atoms with E-state index in [2.05, 4.69) is 9.88 Å². The van der Waals surface area contributed by atoms with Gasteiger partial charge in [0.2, 0.25) is 5.91 Å². The SMILES string of the molecule is CC[C@@H](C)N(CC(=O)Nc1cccc(C)c1C)C(=O)COC(=O)c1cc(C)n(C2CC2)c1C. The van der Waals surface area contributed by atoms with Crippen molar-refractivity contribution in [3.63, 3.8) is 0 Å². The lowest BCUT2D eigenvalue weighted by atomic mass is 10.1. The van der Waals surface area contributed by atoms with Gasteiger partial charge in [-0.05, 0) is 77.1 Å². The average Bonchev–Trinajstić information content (AvgIpc) is 3.56. The van der Waals surface area contributed by atoms with Crippen LogP contribution in [0.25, 0.3) is 0 Å². The van der Waals surface area contributed by atoms with E-state index < -0.39 is 12.6 Å². The lowest BCUT2D eigenvalue weighted by Crippen LogP contribution is -2.45. The molecule has 33 heavy (non-hydrogen) atoms. The third kappa shape index (κ3) is 5.64. The van der Waals surface area contributed by atoms with Gasteiger partial charge >= 0.3 is 5.97 Å². The average molecular weight is 454 g/mol. The minimum atomic E-state index is -0.507. The maximum atomic E-state index is 12.9. The second kappa shape index (κ2) is 10.2. The topological polar surface area (TPSA) is 80.6 Å². The second-order valence-corrected chi connectivity index (χ2v) is 9.04. The first-order chi connectivity index (χ1) is 15.6. The number of nitrogens with zero attached hydrogens (tertiary/aromatic N) is 2. The fourth-order valence-electron chi connectivity index (χ4n) is 4.11. The molecule has 1 aromatic carbocycles. The van der Waals surface area contributed by atoms with Crippen molar-refractivity contribution in [1.82, 2.24) is 9.47 Å². The summed E-state index contributed by atoms with van der Waals surface area (Å²) in [7, 11) is 0. The molecule has 7 nitrogen and oxygen atoms in total. The zero-order valence-electron chi connectivity index (χ0n) is 20.5. The molecule has 1 aliphatic rings. The number of hydrogen-bond donors (Lipinski definition) is 1. The molecule has 1 saturated carbocycles. The molecule has 0 aliphatic heterocycles. The van der Waals surface area contributed by atoms with Crippen LogP contribution in [0.3, 0.4) is 0 Å². The van der Waals surface area contributed by atoms with Crippen molar-refractivity contribution in [2.75, 3.05) is 18.5 Å². The van der Waals surface area contributed by atoms with Gasteiger partial charge < -0.3 is 19.5 Å². The van der Waals surface area contributed by atoms with E-state index in [0.717, 1.165) is 41.0 Å². The molecule has 1 aromatic heterocycles. The number of nitrogens with one attached hydrogen (secondary N) is 1. The van der Waals surface area contributed by atoms with E-state index in [1.807, 2.05) is 65.8 Å². The number of esters is 1. The van der Waals surface area contributed by atoms with Crippen LogP contribution in [0.15, 0.2) is 24.3 Å². The molecule has 0 saturated heterocycles. The van der Waals surface area contributed by atoms with Crippen LogP contribution in [-0.4, -0.2) is 46.4 Å². The lowest BCUT2D eigenvalue weighted by molar-refractivity contribution is -0.139. The molecule has 1 aliphatic carbocycles. The van der Waals surface area contributed by atoms with Crippen LogP contribution in [0.2, 0.25) is 0 Å². The Balaban J connectivity index is 1.63. The molecule has 3 rings (SSSR count). The molecule has 7 heteroatoms. The summed E-state index contributed by atoms with van der Waals surface area (Å²) in [4.78, 5) is 39.8. The van der Waals surface area contributed by atoms with Crippen molar-refractivity contribution < 1.29 is 19.1 Å². The first-order valence-electron chi connectivity index (χ1n) is 11.6. The van der Waals surface area contributed by atoms with Crippen molar-refractivity contribution >= 4 is 23.5 Å². The number of aryl methyl sites for hydroxylation is 2. The summed E-state index contributed by atoms with van der Waals surface area (Å²) >= 11 is 0. The molecule has 0 unspecified atom stereocenters. The Bertz CT molecular complexity index is 1050. The fraction of sp³-hybridized carbons (Fsp3) is 0.500. The van der Waals surface area contributed by atoms with E-state index in [-0.39, 0.29) is 24.4 Å². The van der Waals surface area contributed by atoms with Gasteiger partial charge in [-0.2, -0.15) is 0 Å². The van der Waals surface area contributed by atoms with E-state index in [1.165, 1.54) is 4.90 Å². The summed E-state index contributed by atoms with van der Waals surface area (Å²) in [6.45, 7) is 11.2. The smallest absolute Gasteiger partial charge is 0.340 e. The monoisotopic (exact) mass is 453 g/mol. The van der Waals surface area contributed by atoms with Gasteiger partial charge in [-0.1, -0.05) is 19.1 Å². The number of carbonyl (C=O) groups excluding carboxylic acids is 3. The Hall–Kier alpha value is -3.09. The quantitative estimate of drug-likeness (QED) is 0.568. The fourth-order valence-corrected chi connectivity index (χ4v) is 4.11. The van der Waals surface area contributed by atoms with Crippen LogP contribution in [0, 0.1) is 27.7 Å². The van der Waals surface area contributed by atoms with Gasteiger partial charge in [-0.25, -0.2) is 4.79 Å². The Morgan fingerprint density at radius 1 is 1.18 bits per heavy atom. The molecule has 1 N–H and O–H groups in total. The normalized spacial score (nSPS) is 14.0. The molecule has 1 atom stereocenters. The minimum Gasteiger partial charge on any atom is -0.452 e. The van der Waals surface area contributed by atoms with Gasteiger partial charge in [0.15, 0.2) is 6.61 Å². The minimum absolute atomic E-state index is 0.102. The van der Waals surface area contributed by atoms with Gasteiger partial charge in [-0.15, -0.1) is 0 Å². The molecule has 1 heterocycles. The van der Waals surface area contributed by atoms with Crippen LogP contribution in [0.5, 0.6) is 0 Å². The predicted octanol–water partition coefficient (Wildman–Crippen LogP) is 4.48. The van der Waals surface area contributed by atoms with Gasteiger partial charge in [0.1, 0.15) is 6.54 Å². The zero-order chi connectivity index (χ0) is 24.3. The maximum absolute atomic E-state index is 12.9. The number of aromatic nitrogens is 1. The highest BCUT2D eigenvalue weighted by Gasteiger charge is 2.29. The van der Waals surface area contributed by atoms with Gasteiger partial charge in [0.05, 0.1) is 5.56 Å². The van der Waals surface area contributed by atoms with E-state index in [9.17, 15) is 14.4 Å². The molecule has 2 amide bonds. The predicted molar refractivity (Wildman–Crippen MR) is 128 cm³/mol. The molecule has 0 bridgehead atoms. The van der Waals surface area contributed by atoms with Crippen LogP contribution < -0.4 is 5.32 Å². The molecule has 2 aromatic rings. The molecule has 0 spiro atoms. The number of rotatable bonds is 9. The molecule has 1 fully saturated rings. The van der Waals surface area contributed by atoms with Gasteiger partial charge in [0.25, 0.3) is 5.91 Å². The van der Waals surface area contributed by atoms with Crippen molar-refractivity contribution in [2.45, 2.75) is 72.9 Å². The van der Waals surface area contributed by atoms with Crippen LogP contribution in [0.1, 0.15) is 72.0 Å². The summed E-state index contributed by atoms with van der Waals surface area (Å²) < 4.78 is 7.54. The maximum Gasteiger partial charge on any atom is 0.340 e. The van der Waals surface area contributed by atoms with Gasteiger partial charge in [-0.3, -0.25) is 9.59 Å². The number of anilines is 1. The van der Waals surface area contributed by atoms with E-state index in [4.69, 9.17) is 4.74 Å². The molecular weight excluding hydrogens is 418 g/mol. The first kappa shape index (κ1) is 24.6. The standard InChI is InChI=1S/C26H35N3O4/c1-7-17(3)28(14-24(30)27-23-10-8-9-16(2)19(23)5)25(31)15-33-26(32)22-13-18(4)29(20(22)6)21-11-12-21/h8-10,13,17,21H,7,11-12,14-15H2,1-6H3,(H,27,30)/t17-/m1/s1. The highest BCUT2D eigenvalue weighted by Crippen LogP contribution is 2.38. The Morgan fingerprint density at radius 3 is 2.52 bits per heavy atom. The Kier molecular flexibility index (Phi) is 7.61. The summed E-state index contributed by atoms with van der Waals surface area (Å²) in [5.74, 6) is -1.17. The first-order valence-corrected chi connectivity index (χ1v) is 11.6. The highest BCUT2D eigenvalue weighted by atomic mass is 16.5. The van der Waals surface area contributed by atoms with E-state index in [1.54, 1.807) is 0 Å².